The summed E-state index contributed by atoms with van der Waals surface area (Å²) >= 11 is 0. The second-order valence-electron chi connectivity index (χ2n) is 9.24. The number of rotatable bonds is 8. The molecular formula is C24H36N2O6. The first-order valence-electron chi connectivity index (χ1n) is 10.9. The van der Waals surface area contributed by atoms with Crippen LogP contribution in [0.25, 0.3) is 0 Å². The van der Waals surface area contributed by atoms with Gasteiger partial charge in [0.25, 0.3) is 0 Å². The fourth-order valence-electron chi connectivity index (χ4n) is 3.95. The minimum atomic E-state index is -0.692. The van der Waals surface area contributed by atoms with Crippen LogP contribution in [0.4, 0.5) is 4.79 Å². The molecule has 2 amide bonds. The summed E-state index contributed by atoms with van der Waals surface area (Å²) in [6, 6.07) is 7.73. The first kappa shape index (κ1) is 25.8. The first-order chi connectivity index (χ1) is 15.0. The molecule has 1 aliphatic rings. The lowest BCUT2D eigenvalue weighted by Crippen LogP contribution is -2.52. The summed E-state index contributed by atoms with van der Waals surface area (Å²) in [6.07, 6.45) is -0.727. The Bertz CT molecular complexity index is 791. The molecule has 1 aromatic carbocycles. The number of nitrogens with zero attached hydrogens (tertiary/aromatic N) is 1. The van der Waals surface area contributed by atoms with Crippen molar-refractivity contribution in [2.75, 3.05) is 20.8 Å². The summed E-state index contributed by atoms with van der Waals surface area (Å²) in [5.41, 5.74) is -0.114. The van der Waals surface area contributed by atoms with Crippen molar-refractivity contribution in [2.45, 2.75) is 70.9 Å². The Kier molecular flexibility index (Phi) is 8.81. The van der Waals surface area contributed by atoms with E-state index in [-0.39, 0.29) is 17.8 Å². The molecule has 178 valence electrons. The second kappa shape index (κ2) is 10.9. The van der Waals surface area contributed by atoms with Crippen molar-refractivity contribution in [3.8, 4) is 0 Å². The van der Waals surface area contributed by atoms with E-state index in [2.05, 4.69) is 5.32 Å². The van der Waals surface area contributed by atoms with Crippen molar-refractivity contribution in [1.29, 1.82) is 0 Å². The lowest BCUT2D eigenvalue weighted by Gasteiger charge is -2.34. The van der Waals surface area contributed by atoms with Crippen molar-refractivity contribution in [1.82, 2.24) is 10.2 Å². The quantitative estimate of drug-likeness (QED) is 0.615. The third kappa shape index (κ3) is 6.53. The van der Waals surface area contributed by atoms with E-state index in [1.54, 1.807) is 70.9 Å². The molecule has 1 N–H and O–H groups in total. The van der Waals surface area contributed by atoms with Gasteiger partial charge in [-0.25, -0.2) is 4.79 Å². The summed E-state index contributed by atoms with van der Waals surface area (Å²) in [6.45, 7) is 9.16. The number of carbonyl (C=O) groups is 3. The van der Waals surface area contributed by atoms with Gasteiger partial charge in [0, 0.05) is 19.8 Å². The molecule has 0 aromatic heterocycles. The van der Waals surface area contributed by atoms with E-state index in [9.17, 15) is 14.4 Å². The van der Waals surface area contributed by atoms with Crippen LogP contribution in [0.3, 0.4) is 0 Å². The van der Waals surface area contributed by atoms with Crippen molar-refractivity contribution < 1.29 is 28.6 Å². The van der Waals surface area contributed by atoms with Crippen molar-refractivity contribution in [2.24, 2.45) is 5.92 Å². The minimum Gasteiger partial charge on any atom is -0.444 e. The van der Waals surface area contributed by atoms with Gasteiger partial charge in [0.05, 0.1) is 36.8 Å². The van der Waals surface area contributed by atoms with Crippen LogP contribution in [-0.2, 0) is 19.0 Å². The van der Waals surface area contributed by atoms with E-state index in [0.717, 1.165) is 0 Å². The van der Waals surface area contributed by atoms with Gasteiger partial charge < -0.3 is 19.5 Å². The molecule has 1 saturated heterocycles. The van der Waals surface area contributed by atoms with Gasteiger partial charge in [0.15, 0.2) is 5.78 Å². The number of ketones is 1. The minimum absolute atomic E-state index is 0.171. The van der Waals surface area contributed by atoms with Gasteiger partial charge in [0.1, 0.15) is 5.60 Å². The molecule has 32 heavy (non-hydrogen) atoms. The van der Waals surface area contributed by atoms with Gasteiger partial charge in [-0.15, -0.1) is 0 Å². The Morgan fingerprint density at radius 2 is 1.72 bits per heavy atom. The second-order valence-corrected chi connectivity index (χ2v) is 9.24. The smallest absolute Gasteiger partial charge is 0.410 e. The van der Waals surface area contributed by atoms with Crippen LogP contribution >= 0.6 is 0 Å². The molecule has 0 spiro atoms. The maximum absolute atomic E-state index is 13.0. The summed E-state index contributed by atoms with van der Waals surface area (Å²) in [5.74, 6) is -1.11. The molecule has 1 aliphatic heterocycles. The van der Waals surface area contributed by atoms with Crippen molar-refractivity contribution >= 4 is 17.8 Å². The van der Waals surface area contributed by atoms with Crippen LogP contribution in [0, 0.1) is 5.92 Å². The SMILES string of the molecule is CO[C@@H]1C[C@@H]([C@H](OC)[C@@H](C)C(=O)N[C@@H](C)C(=O)c2ccccc2)N(C(=O)OC(C)(C)C)C1. The molecule has 5 atom stereocenters. The first-order valence-corrected chi connectivity index (χ1v) is 10.9. The maximum atomic E-state index is 13.0. The topological polar surface area (TPSA) is 94.2 Å². The highest BCUT2D eigenvalue weighted by atomic mass is 16.6. The van der Waals surface area contributed by atoms with Crippen molar-refractivity contribution in [3.63, 3.8) is 0 Å². The zero-order chi connectivity index (χ0) is 24.1. The van der Waals surface area contributed by atoms with Crippen LogP contribution < -0.4 is 5.32 Å². The molecule has 0 unspecified atom stereocenters. The van der Waals surface area contributed by atoms with Gasteiger partial charge in [-0.1, -0.05) is 37.3 Å². The summed E-state index contributed by atoms with van der Waals surface area (Å²) in [5, 5.41) is 2.79. The fraction of sp³-hybridized carbons (Fsp3) is 0.625. The predicted molar refractivity (Wildman–Crippen MR) is 120 cm³/mol. The molecule has 0 saturated carbocycles. The number of ether oxygens (including phenoxy) is 3. The number of nitrogens with one attached hydrogen (secondary N) is 1. The molecule has 1 aromatic rings. The average Bonchev–Trinajstić information content (AvgIpc) is 3.17. The number of likely N-dealkylation sites (tertiary alicyclic amines) is 1. The van der Waals surface area contributed by atoms with Crippen molar-refractivity contribution in [3.05, 3.63) is 35.9 Å². The van der Waals surface area contributed by atoms with Gasteiger partial charge in [0.2, 0.25) is 5.91 Å². The predicted octanol–water partition coefficient (Wildman–Crippen LogP) is 3.05. The normalized spacial score (nSPS) is 21.5. The number of hydrogen-bond donors (Lipinski definition) is 1. The van der Waals surface area contributed by atoms with Crippen LogP contribution in [0.1, 0.15) is 51.4 Å². The van der Waals surface area contributed by atoms with Gasteiger partial charge >= 0.3 is 6.09 Å². The zero-order valence-corrected chi connectivity index (χ0v) is 20.1. The lowest BCUT2D eigenvalue weighted by molar-refractivity contribution is -0.131. The number of amides is 2. The number of methoxy groups -OCH3 is 2. The number of carbonyl (C=O) groups excluding carboxylic acids is 3. The van der Waals surface area contributed by atoms with Crippen LogP contribution in [0.2, 0.25) is 0 Å². The Hall–Kier alpha value is -2.45. The zero-order valence-electron chi connectivity index (χ0n) is 20.1. The molecule has 8 heteroatoms. The molecule has 2 rings (SSSR count). The Morgan fingerprint density at radius 3 is 2.25 bits per heavy atom. The van der Waals surface area contributed by atoms with E-state index in [1.165, 1.54) is 7.11 Å². The largest absolute Gasteiger partial charge is 0.444 e. The highest BCUT2D eigenvalue weighted by molar-refractivity contribution is 6.01. The van der Waals surface area contributed by atoms with Crippen LogP contribution in [0.15, 0.2) is 30.3 Å². The van der Waals surface area contributed by atoms with Gasteiger partial charge in [-0.2, -0.15) is 0 Å². The number of Topliss-reactive ketones (excluding diaryl/α,β-unsaturated/α-hetero) is 1. The Morgan fingerprint density at radius 1 is 1.09 bits per heavy atom. The van der Waals surface area contributed by atoms with E-state index in [0.29, 0.717) is 18.5 Å². The third-order valence-corrected chi connectivity index (χ3v) is 5.63. The van der Waals surface area contributed by atoms with Gasteiger partial charge in [-0.05, 0) is 34.1 Å². The van der Waals surface area contributed by atoms with E-state index in [1.807, 2.05) is 6.07 Å². The monoisotopic (exact) mass is 448 g/mol. The number of hydrogen-bond acceptors (Lipinski definition) is 6. The molecule has 0 bridgehead atoms. The summed E-state index contributed by atoms with van der Waals surface area (Å²) in [4.78, 5) is 40.0. The highest BCUT2D eigenvalue weighted by Gasteiger charge is 2.45. The average molecular weight is 449 g/mol. The molecular weight excluding hydrogens is 412 g/mol. The summed E-state index contributed by atoms with van der Waals surface area (Å²) in [7, 11) is 3.11. The molecule has 8 nitrogen and oxygen atoms in total. The molecule has 1 heterocycles. The molecule has 0 radical (unpaired) electrons. The van der Waals surface area contributed by atoms with Crippen LogP contribution in [0.5, 0.6) is 0 Å². The Labute approximate surface area is 190 Å². The molecule has 1 fully saturated rings. The van der Waals surface area contributed by atoms with E-state index >= 15 is 0 Å². The van der Waals surface area contributed by atoms with Crippen LogP contribution in [-0.4, -0.2) is 73.3 Å². The number of benzene rings is 1. The standard InChI is InChI=1S/C24H36N2O6/c1-15(22(28)25-16(2)20(27)17-11-9-8-10-12-17)21(31-7)19-13-18(30-6)14-26(19)23(29)32-24(3,4)5/h8-12,15-16,18-19,21H,13-14H2,1-7H3,(H,25,28)/t15-,16+,18-,19+,21-/m1/s1. The van der Waals surface area contributed by atoms with Gasteiger partial charge in [-0.3, -0.25) is 14.5 Å². The maximum Gasteiger partial charge on any atom is 0.410 e. The highest BCUT2D eigenvalue weighted by Crippen LogP contribution is 2.29. The third-order valence-electron chi connectivity index (χ3n) is 5.63. The summed E-state index contributed by atoms with van der Waals surface area (Å²) < 4.78 is 16.7. The lowest BCUT2D eigenvalue weighted by atomic mass is 9.94. The fourth-order valence-corrected chi connectivity index (χ4v) is 3.95. The van der Waals surface area contributed by atoms with E-state index in [4.69, 9.17) is 14.2 Å². The Balaban J connectivity index is 2.12. The molecule has 0 aliphatic carbocycles. The van der Waals surface area contributed by atoms with E-state index < -0.39 is 35.8 Å².